The van der Waals surface area contributed by atoms with Crippen LogP contribution in [0.2, 0.25) is 0 Å². The molecule has 5 rings (SSSR count). The summed E-state index contributed by atoms with van der Waals surface area (Å²) in [5.74, 6) is -0.516. The van der Waals surface area contributed by atoms with Gasteiger partial charge < -0.3 is 53.2 Å². The van der Waals surface area contributed by atoms with E-state index in [0.29, 0.717) is 42.2 Å². The van der Waals surface area contributed by atoms with Gasteiger partial charge in [0.25, 0.3) is 0 Å². The van der Waals surface area contributed by atoms with Gasteiger partial charge in [-0.05, 0) is 99.6 Å². The van der Waals surface area contributed by atoms with Crippen LogP contribution in [-0.2, 0) is 38.0 Å². The molecule has 0 radical (unpaired) electrons. The lowest BCUT2D eigenvalue weighted by molar-refractivity contribution is -0.125. The smallest absolute Gasteiger partial charge is 0.340 e. The van der Waals surface area contributed by atoms with Crippen molar-refractivity contribution in [2.24, 2.45) is 23.7 Å². The van der Waals surface area contributed by atoms with Gasteiger partial charge in [-0.3, -0.25) is 9.59 Å². The summed E-state index contributed by atoms with van der Waals surface area (Å²) in [4.78, 5) is 55.0. The predicted molar refractivity (Wildman–Crippen MR) is 225 cm³/mol. The zero-order chi connectivity index (χ0) is 43.8. The molecule has 2 aliphatic carbocycles. The van der Waals surface area contributed by atoms with Crippen LogP contribution < -0.4 is 14.5 Å². The molecule has 1 saturated heterocycles. The molecule has 2 amide bonds. The number of aromatic carboxylic acids is 1. The normalized spacial score (nSPS) is 21.5. The molecule has 1 atom stereocenters. The zero-order valence-electron chi connectivity index (χ0n) is 36.4. The van der Waals surface area contributed by atoms with Crippen molar-refractivity contribution in [3.05, 3.63) is 47.5 Å². The van der Waals surface area contributed by atoms with E-state index in [1.165, 1.54) is 25.3 Å². The van der Waals surface area contributed by atoms with Crippen molar-refractivity contribution in [1.29, 1.82) is 0 Å². The number of ether oxygens (including phenoxy) is 7. The minimum absolute atomic E-state index is 0.0242. The Bertz CT molecular complexity index is 1670. The van der Waals surface area contributed by atoms with Gasteiger partial charge >= 0.3 is 11.9 Å². The predicted octanol–water partition coefficient (Wildman–Crippen LogP) is 6.37. The fraction of sp³-hybridized carbons (Fsp3) is 0.644. The molecule has 1 heterocycles. The Labute approximate surface area is 354 Å². The molecule has 1 unspecified atom stereocenters. The number of carbonyl (C=O) groups excluding carboxylic acids is 3. The van der Waals surface area contributed by atoms with Gasteiger partial charge in [0.05, 0.1) is 81.3 Å². The largest absolute Gasteiger partial charge is 0.508 e. The molecular formula is C45H66N2O13. The van der Waals surface area contributed by atoms with Crippen molar-refractivity contribution in [3.8, 4) is 11.5 Å². The number of methoxy groups -OCH3 is 5. The number of anilines is 2. The number of phenols is 1. The first-order chi connectivity index (χ1) is 28.9. The molecule has 15 heteroatoms. The van der Waals surface area contributed by atoms with Gasteiger partial charge in [-0.25, -0.2) is 9.59 Å². The van der Waals surface area contributed by atoms with Crippen molar-refractivity contribution in [2.75, 3.05) is 85.0 Å². The van der Waals surface area contributed by atoms with Crippen LogP contribution in [0, 0.1) is 23.7 Å². The molecule has 2 aromatic rings. The molecule has 3 aliphatic rings. The zero-order valence-corrected chi connectivity index (χ0v) is 36.4. The average molecular weight is 843 g/mol. The van der Waals surface area contributed by atoms with E-state index in [1.807, 2.05) is 0 Å². The fourth-order valence-electron chi connectivity index (χ4n) is 8.34. The summed E-state index contributed by atoms with van der Waals surface area (Å²) in [7, 11) is 7.52. The average Bonchev–Trinajstić information content (AvgIpc) is 3.75. The van der Waals surface area contributed by atoms with Crippen molar-refractivity contribution in [1.82, 2.24) is 0 Å². The van der Waals surface area contributed by atoms with Crippen molar-refractivity contribution >= 4 is 35.1 Å². The number of nitrogens with zero attached hydrogens (tertiary/aromatic N) is 2. The van der Waals surface area contributed by atoms with Gasteiger partial charge in [0, 0.05) is 46.7 Å². The number of amides is 2. The maximum atomic E-state index is 13.7. The molecular weight excluding hydrogens is 776 g/mol. The molecule has 0 bridgehead atoms. The van der Waals surface area contributed by atoms with Crippen molar-refractivity contribution in [2.45, 2.75) is 89.8 Å². The lowest BCUT2D eigenvalue weighted by Gasteiger charge is -2.36. The van der Waals surface area contributed by atoms with E-state index in [4.69, 9.17) is 33.2 Å². The molecule has 334 valence electrons. The van der Waals surface area contributed by atoms with Gasteiger partial charge in [-0.2, -0.15) is 0 Å². The number of hydrogen-bond donors (Lipinski definition) is 2. The monoisotopic (exact) mass is 842 g/mol. The highest BCUT2D eigenvalue weighted by molar-refractivity contribution is 6.04. The third-order valence-corrected chi connectivity index (χ3v) is 11.7. The van der Waals surface area contributed by atoms with Crippen LogP contribution >= 0.6 is 0 Å². The number of aromatic hydroxyl groups is 1. The third-order valence-electron chi connectivity index (χ3n) is 11.7. The number of carbonyl (C=O) groups is 4. The Balaban J connectivity index is 0.000000267. The quantitative estimate of drug-likeness (QED) is 0.158. The third kappa shape index (κ3) is 13.1. The minimum Gasteiger partial charge on any atom is -0.508 e. The molecule has 2 aromatic carbocycles. The summed E-state index contributed by atoms with van der Waals surface area (Å²) in [6.45, 7) is 6.50. The molecule has 3 fully saturated rings. The summed E-state index contributed by atoms with van der Waals surface area (Å²) >= 11 is 0. The number of benzene rings is 2. The van der Waals surface area contributed by atoms with Crippen LogP contribution in [0.1, 0.15) is 92.4 Å². The number of hydrogen-bond acceptors (Lipinski definition) is 12. The molecule has 0 spiro atoms. The van der Waals surface area contributed by atoms with Crippen molar-refractivity contribution < 1.29 is 62.5 Å². The number of rotatable bonds is 18. The molecule has 0 aromatic heterocycles. The lowest BCUT2D eigenvalue weighted by atomic mass is 9.82. The molecule has 1 aliphatic heterocycles. The Morgan fingerprint density at radius 2 is 1.13 bits per heavy atom. The number of esters is 1. The summed E-state index contributed by atoms with van der Waals surface area (Å²) in [5.41, 5.74) is 0.899. The van der Waals surface area contributed by atoms with E-state index in [9.17, 15) is 29.4 Å². The van der Waals surface area contributed by atoms with E-state index in [0.717, 1.165) is 57.8 Å². The van der Waals surface area contributed by atoms with Gasteiger partial charge in [-0.15, -0.1) is 0 Å². The van der Waals surface area contributed by atoms with Gasteiger partial charge in [0.2, 0.25) is 11.8 Å². The van der Waals surface area contributed by atoms with E-state index in [1.54, 1.807) is 56.4 Å². The second-order valence-corrected chi connectivity index (χ2v) is 16.2. The minimum atomic E-state index is -1.11. The van der Waals surface area contributed by atoms with Gasteiger partial charge in [0.15, 0.2) is 0 Å². The van der Waals surface area contributed by atoms with Crippen LogP contribution in [0.4, 0.5) is 11.4 Å². The van der Waals surface area contributed by atoms with Crippen LogP contribution in [0.5, 0.6) is 11.5 Å². The van der Waals surface area contributed by atoms with E-state index in [2.05, 4.69) is 13.8 Å². The fourth-order valence-corrected chi connectivity index (χ4v) is 8.34. The van der Waals surface area contributed by atoms with Gasteiger partial charge in [-0.1, -0.05) is 13.8 Å². The number of carboxylic acid groups (broad SMARTS) is 1. The summed E-state index contributed by atoms with van der Waals surface area (Å²) in [5, 5.41) is 19.9. The number of carboxylic acids is 1. The first-order valence-electron chi connectivity index (χ1n) is 21.0. The molecule has 2 N–H and O–H groups in total. The molecule has 2 saturated carbocycles. The standard InChI is InChI=1S/C24H35NO7.C21H31NO6/c1-16-4-6-17(7-5-16)23(26)25(18(13-29-2)14-30-3)22-9-8-19(12-21(22)24(27)28)32-20-10-11-31-15-20;1-14-5-7-15(8-6-14)20(24)22(16(12-26-2)13-27-3)19-10-9-17(23)11-18(19)21(25)28-4/h8-9,12,16-18,20H,4-7,10-11,13-15H2,1-3H3,(H,27,28);9-11,14-16,23H,5-8,12-13H2,1-4H3. The lowest BCUT2D eigenvalue weighted by Crippen LogP contribution is -2.49. The highest BCUT2D eigenvalue weighted by Gasteiger charge is 2.37. The highest BCUT2D eigenvalue weighted by Crippen LogP contribution is 2.36. The first kappa shape index (κ1) is 48.4. The summed E-state index contributed by atoms with van der Waals surface area (Å²) in [6.07, 6.45) is 7.88. The van der Waals surface area contributed by atoms with Crippen LogP contribution in [0.15, 0.2) is 36.4 Å². The van der Waals surface area contributed by atoms with Gasteiger partial charge in [0.1, 0.15) is 17.6 Å². The Kier molecular flexibility index (Phi) is 19.5. The summed E-state index contributed by atoms with van der Waals surface area (Å²) in [6, 6.07) is 8.39. The summed E-state index contributed by atoms with van der Waals surface area (Å²) < 4.78 is 37.5. The number of phenolic OH excluding ortho intramolecular Hbond substituents is 1. The topological polar surface area (TPSA) is 180 Å². The first-order valence-corrected chi connectivity index (χ1v) is 21.0. The Hall–Kier alpha value is -4.28. The van der Waals surface area contributed by atoms with Crippen LogP contribution in [0.25, 0.3) is 0 Å². The Morgan fingerprint density at radius 1 is 0.667 bits per heavy atom. The Morgan fingerprint density at radius 3 is 1.55 bits per heavy atom. The van der Waals surface area contributed by atoms with E-state index < -0.39 is 24.0 Å². The van der Waals surface area contributed by atoms with E-state index >= 15 is 0 Å². The van der Waals surface area contributed by atoms with Crippen LogP contribution in [0.3, 0.4) is 0 Å². The van der Waals surface area contributed by atoms with Crippen molar-refractivity contribution in [3.63, 3.8) is 0 Å². The van der Waals surface area contributed by atoms with Crippen LogP contribution in [-0.4, -0.2) is 127 Å². The maximum absolute atomic E-state index is 13.7. The molecule has 15 nitrogen and oxygen atoms in total. The second kappa shape index (κ2) is 24.2. The SMILES string of the molecule is COCC(COC)N(C(=O)C1CCC(C)CC1)c1ccc(O)cc1C(=O)OC.COCC(COC)N(C(=O)C1CCC(C)CC1)c1ccc(OC2CCOC2)cc1C(=O)O. The van der Waals surface area contributed by atoms with E-state index in [-0.39, 0.29) is 73.1 Å². The molecule has 60 heavy (non-hydrogen) atoms. The highest BCUT2D eigenvalue weighted by atomic mass is 16.5. The maximum Gasteiger partial charge on any atom is 0.340 e. The second-order valence-electron chi connectivity index (χ2n) is 16.2.